The lowest BCUT2D eigenvalue weighted by Crippen LogP contribution is -2.08. The highest BCUT2D eigenvalue weighted by atomic mass is 35.5. The molecule has 0 radical (unpaired) electrons. The summed E-state index contributed by atoms with van der Waals surface area (Å²) in [6.07, 6.45) is 1.59. The van der Waals surface area contributed by atoms with Crippen LogP contribution in [0.4, 0.5) is 0 Å². The zero-order valence-electron chi connectivity index (χ0n) is 9.69. The molecule has 17 heavy (non-hydrogen) atoms. The molecular weight excluding hydrogens is 236 g/mol. The minimum absolute atomic E-state index is 0.154. The van der Waals surface area contributed by atoms with Crippen LogP contribution in [-0.4, -0.2) is 16.6 Å². The second-order valence-electron chi connectivity index (χ2n) is 3.67. The van der Waals surface area contributed by atoms with Gasteiger partial charge in [0.25, 0.3) is 0 Å². The summed E-state index contributed by atoms with van der Waals surface area (Å²) in [5.41, 5.74) is 1.99. The predicted molar refractivity (Wildman–Crippen MR) is 68.1 cm³/mol. The average molecular weight is 251 g/mol. The van der Waals surface area contributed by atoms with Gasteiger partial charge >= 0.3 is 0 Å². The van der Waals surface area contributed by atoms with Crippen molar-refractivity contribution in [3.8, 4) is 0 Å². The molecule has 1 atom stereocenters. The first-order valence-electron chi connectivity index (χ1n) is 5.61. The maximum absolute atomic E-state index is 5.76. The third-order valence-electron chi connectivity index (χ3n) is 2.48. The summed E-state index contributed by atoms with van der Waals surface area (Å²) < 4.78 is 5.74. The Morgan fingerprint density at radius 2 is 2.12 bits per heavy atom. The van der Waals surface area contributed by atoms with Crippen LogP contribution < -0.4 is 0 Å². The number of imidazole rings is 1. The number of rotatable bonds is 5. The molecular formula is C13H15ClN2O. The summed E-state index contributed by atoms with van der Waals surface area (Å²) in [5, 5.41) is 0. The summed E-state index contributed by atoms with van der Waals surface area (Å²) in [4.78, 5) is 7.50. The van der Waals surface area contributed by atoms with Crippen molar-refractivity contribution in [3.05, 3.63) is 53.6 Å². The topological polar surface area (TPSA) is 37.9 Å². The number of nitrogens with zero attached hydrogens (tertiary/aromatic N) is 1. The minimum atomic E-state index is -0.154. The Morgan fingerprint density at radius 3 is 2.71 bits per heavy atom. The van der Waals surface area contributed by atoms with Gasteiger partial charge in [-0.1, -0.05) is 30.3 Å². The van der Waals surface area contributed by atoms with Crippen LogP contribution in [0.5, 0.6) is 0 Å². The molecule has 1 unspecified atom stereocenters. The molecule has 0 saturated carbocycles. The van der Waals surface area contributed by atoms with E-state index in [0.717, 1.165) is 17.1 Å². The van der Waals surface area contributed by atoms with E-state index in [9.17, 15) is 0 Å². The molecule has 1 aromatic heterocycles. The van der Waals surface area contributed by atoms with Crippen molar-refractivity contribution < 1.29 is 4.74 Å². The van der Waals surface area contributed by atoms with Gasteiger partial charge < -0.3 is 9.72 Å². The normalized spacial score (nSPS) is 12.6. The highest BCUT2D eigenvalue weighted by molar-refractivity contribution is 6.16. The molecule has 0 aliphatic rings. The van der Waals surface area contributed by atoms with Crippen LogP contribution in [0.15, 0.2) is 36.5 Å². The number of benzene rings is 1. The third-order valence-corrected chi connectivity index (χ3v) is 2.76. The van der Waals surface area contributed by atoms with Crippen LogP contribution in [0.1, 0.15) is 30.1 Å². The lowest BCUT2D eigenvalue weighted by atomic mass is 10.1. The van der Waals surface area contributed by atoms with E-state index >= 15 is 0 Å². The monoisotopic (exact) mass is 250 g/mol. The van der Waals surface area contributed by atoms with E-state index in [2.05, 4.69) is 9.97 Å². The molecule has 4 heteroatoms. The van der Waals surface area contributed by atoms with Gasteiger partial charge in [-0.3, -0.25) is 0 Å². The molecule has 2 rings (SSSR count). The molecule has 0 saturated heterocycles. The van der Waals surface area contributed by atoms with Crippen LogP contribution >= 0.6 is 11.6 Å². The summed E-state index contributed by atoms with van der Waals surface area (Å²) >= 11 is 5.76. The molecule has 3 nitrogen and oxygen atoms in total. The molecule has 1 aromatic carbocycles. The zero-order chi connectivity index (χ0) is 12.1. The summed E-state index contributed by atoms with van der Waals surface area (Å²) in [6.45, 7) is 2.61. The Hall–Kier alpha value is -1.32. The molecule has 0 bridgehead atoms. The highest BCUT2D eigenvalue weighted by Crippen LogP contribution is 2.23. The molecule has 90 valence electrons. The van der Waals surface area contributed by atoms with Crippen LogP contribution in [-0.2, 0) is 10.6 Å². The fraction of sp³-hybridized carbons (Fsp3) is 0.308. The van der Waals surface area contributed by atoms with Crippen LogP contribution in [0.25, 0.3) is 0 Å². The Kier molecular flexibility index (Phi) is 4.18. The Morgan fingerprint density at radius 1 is 1.35 bits per heavy atom. The van der Waals surface area contributed by atoms with Crippen LogP contribution in [0, 0.1) is 0 Å². The summed E-state index contributed by atoms with van der Waals surface area (Å²) in [5.74, 6) is 1.23. The summed E-state index contributed by atoms with van der Waals surface area (Å²) in [7, 11) is 0. The standard InChI is InChI=1S/C13H15ClN2O/c1-2-17-12(10-6-4-3-5-7-10)13-15-9-11(8-14)16-13/h3-7,9,12H,2,8H2,1H3,(H,15,16). The van der Waals surface area contributed by atoms with Crippen molar-refractivity contribution in [2.24, 2.45) is 0 Å². The lowest BCUT2D eigenvalue weighted by molar-refractivity contribution is 0.0857. The Labute approximate surface area is 106 Å². The number of aromatic amines is 1. The van der Waals surface area contributed by atoms with E-state index < -0.39 is 0 Å². The van der Waals surface area contributed by atoms with Crippen molar-refractivity contribution in [3.63, 3.8) is 0 Å². The van der Waals surface area contributed by atoms with Gasteiger partial charge in [0, 0.05) is 18.5 Å². The number of nitrogens with one attached hydrogen (secondary N) is 1. The first kappa shape index (κ1) is 12.1. The molecule has 0 spiro atoms. The second kappa shape index (κ2) is 5.84. The number of H-pyrrole nitrogens is 1. The van der Waals surface area contributed by atoms with E-state index in [1.165, 1.54) is 0 Å². The first-order chi connectivity index (χ1) is 8.35. The van der Waals surface area contributed by atoms with Gasteiger partial charge in [0.05, 0.1) is 5.88 Å². The largest absolute Gasteiger partial charge is 0.366 e. The van der Waals surface area contributed by atoms with Crippen LogP contribution in [0.3, 0.4) is 0 Å². The van der Waals surface area contributed by atoms with Gasteiger partial charge in [-0.2, -0.15) is 0 Å². The lowest BCUT2D eigenvalue weighted by Gasteiger charge is -2.14. The number of hydrogen-bond donors (Lipinski definition) is 1. The van der Waals surface area contributed by atoms with Crippen molar-refractivity contribution in [2.75, 3.05) is 6.61 Å². The van der Waals surface area contributed by atoms with Crippen LogP contribution in [0.2, 0.25) is 0 Å². The van der Waals surface area contributed by atoms with E-state index in [4.69, 9.17) is 16.3 Å². The Bertz CT molecular complexity index is 455. The molecule has 0 fully saturated rings. The molecule has 0 aliphatic carbocycles. The molecule has 0 aliphatic heterocycles. The quantitative estimate of drug-likeness (QED) is 0.827. The molecule has 2 aromatic rings. The zero-order valence-corrected chi connectivity index (χ0v) is 10.4. The van der Waals surface area contributed by atoms with Crippen molar-refractivity contribution in [2.45, 2.75) is 18.9 Å². The number of hydrogen-bond acceptors (Lipinski definition) is 2. The predicted octanol–water partition coefficient (Wildman–Crippen LogP) is 3.27. The number of halogens is 1. The van der Waals surface area contributed by atoms with Gasteiger partial charge in [-0.05, 0) is 12.5 Å². The molecule has 1 N–H and O–H groups in total. The molecule has 0 amide bonds. The third kappa shape index (κ3) is 2.87. The van der Waals surface area contributed by atoms with Gasteiger partial charge in [0.2, 0.25) is 0 Å². The highest BCUT2D eigenvalue weighted by Gasteiger charge is 2.17. The second-order valence-corrected chi connectivity index (χ2v) is 3.94. The van der Waals surface area contributed by atoms with Gasteiger partial charge in [-0.15, -0.1) is 11.6 Å². The fourth-order valence-corrected chi connectivity index (χ4v) is 1.84. The van der Waals surface area contributed by atoms with Crippen molar-refractivity contribution >= 4 is 11.6 Å². The number of aromatic nitrogens is 2. The number of alkyl halides is 1. The Balaban J connectivity index is 2.28. The van der Waals surface area contributed by atoms with E-state index in [1.54, 1.807) is 6.20 Å². The minimum Gasteiger partial charge on any atom is -0.366 e. The first-order valence-corrected chi connectivity index (χ1v) is 6.15. The van der Waals surface area contributed by atoms with E-state index in [0.29, 0.717) is 12.5 Å². The van der Waals surface area contributed by atoms with Crippen molar-refractivity contribution in [1.29, 1.82) is 0 Å². The smallest absolute Gasteiger partial charge is 0.140 e. The maximum Gasteiger partial charge on any atom is 0.140 e. The fourth-order valence-electron chi connectivity index (χ4n) is 1.71. The maximum atomic E-state index is 5.76. The van der Waals surface area contributed by atoms with Gasteiger partial charge in [0.15, 0.2) is 0 Å². The van der Waals surface area contributed by atoms with E-state index in [1.807, 2.05) is 37.3 Å². The van der Waals surface area contributed by atoms with E-state index in [-0.39, 0.29) is 6.10 Å². The number of ether oxygens (including phenoxy) is 1. The van der Waals surface area contributed by atoms with Crippen molar-refractivity contribution in [1.82, 2.24) is 9.97 Å². The summed E-state index contributed by atoms with van der Waals surface area (Å²) in [6, 6.07) is 10.0. The molecule has 1 heterocycles. The van der Waals surface area contributed by atoms with Gasteiger partial charge in [-0.25, -0.2) is 4.98 Å². The SMILES string of the molecule is CCOC(c1ccccc1)c1ncc(CCl)[nH]1. The average Bonchev–Trinajstić information content (AvgIpc) is 2.85. The van der Waals surface area contributed by atoms with Gasteiger partial charge in [0.1, 0.15) is 11.9 Å².